The highest BCUT2D eigenvalue weighted by atomic mass is 35.5. The second kappa shape index (κ2) is 6.39. The predicted octanol–water partition coefficient (Wildman–Crippen LogP) is 2.37. The third-order valence-electron chi connectivity index (χ3n) is 2.37. The summed E-state index contributed by atoms with van der Waals surface area (Å²) in [6.45, 7) is 3.63. The van der Waals surface area contributed by atoms with Crippen LogP contribution in [0.4, 0.5) is 6.01 Å². The maximum absolute atomic E-state index is 5.77. The molecule has 0 saturated heterocycles. The van der Waals surface area contributed by atoms with Gasteiger partial charge in [0.25, 0.3) is 0 Å². The summed E-state index contributed by atoms with van der Waals surface area (Å²) in [5.41, 5.74) is 0. The molecule has 0 atom stereocenters. The van der Waals surface area contributed by atoms with Crippen LogP contribution in [0, 0.1) is 0 Å². The summed E-state index contributed by atoms with van der Waals surface area (Å²) in [7, 11) is 0. The van der Waals surface area contributed by atoms with Crippen molar-refractivity contribution < 1.29 is 4.42 Å². The molecule has 0 radical (unpaired) electrons. The molecular formula is C11H16ClN5O. The fourth-order valence-corrected chi connectivity index (χ4v) is 1.69. The summed E-state index contributed by atoms with van der Waals surface area (Å²) >= 11 is 5.77. The molecule has 6 nitrogen and oxygen atoms in total. The molecule has 1 N–H and O–H groups in total. The molecule has 0 unspecified atom stereocenters. The number of nitrogens with one attached hydrogen (secondary N) is 1. The van der Waals surface area contributed by atoms with E-state index in [9.17, 15) is 0 Å². The number of aromatic nitrogens is 4. The normalized spacial score (nSPS) is 10.8. The lowest BCUT2D eigenvalue weighted by molar-refractivity contribution is 0.498. The van der Waals surface area contributed by atoms with Crippen LogP contribution < -0.4 is 5.32 Å². The first-order valence-corrected chi connectivity index (χ1v) is 6.40. The van der Waals surface area contributed by atoms with E-state index in [2.05, 4.69) is 27.5 Å². The molecule has 0 amide bonds. The smallest absolute Gasteiger partial charge is 0.315 e. The Bertz CT molecular complexity index is 481. The Labute approximate surface area is 110 Å². The van der Waals surface area contributed by atoms with E-state index in [1.54, 1.807) is 17.1 Å². The molecule has 0 aliphatic rings. The number of hydrogen-bond acceptors (Lipinski definition) is 5. The Kier molecular flexibility index (Phi) is 4.58. The summed E-state index contributed by atoms with van der Waals surface area (Å²) < 4.78 is 7.21. The van der Waals surface area contributed by atoms with Crippen LogP contribution in [0.25, 0.3) is 0 Å². The van der Waals surface area contributed by atoms with Crippen LogP contribution in [0.5, 0.6) is 0 Å². The van der Waals surface area contributed by atoms with E-state index in [1.807, 2.05) is 0 Å². The number of hydrogen-bond donors (Lipinski definition) is 1. The van der Waals surface area contributed by atoms with Crippen molar-refractivity contribution in [3.8, 4) is 0 Å². The van der Waals surface area contributed by atoms with Crippen molar-refractivity contribution in [2.75, 3.05) is 11.9 Å². The lowest BCUT2D eigenvalue weighted by Gasteiger charge is -2.01. The van der Waals surface area contributed by atoms with Gasteiger partial charge in [-0.15, -0.1) is 5.10 Å². The SMILES string of the molecule is CCCc1nnc(NCCCn2cc(Cl)cn2)o1. The first kappa shape index (κ1) is 12.9. The molecule has 2 heterocycles. The molecule has 98 valence electrons. The van der Waals surface area contributed by atoms with Gasteiger partial charge in [-0.2, -0.15) is 5.10 Å². The first-order valence-electron chi connectivity index (χ1n) is 6.02. The van der Waals surface area contributed by atoms with Crippen molar-refractivity contribution in [1.82, 2.24) is 20.0 Å². The summed E-state index contributed by atoms with van der Waals surface area (Å²) in [5, 5.41) is 15.7. The lowest BCUT2D eigenvalue weighted by Crippen LogP contribution is -2.07. The first-order chi connectivity index (χ1) is 8.78. The second-order valence-corrected chi connectivity index (χ2v) is 4.39. The van der Waals surface area contributed by atoms with Crippen molar-refractivity contribution in [1.29, 1.82) is 0 Å². The Balaban J connectivity index is 1.68. The maximum Gasteiger partial charge on any atom is 0.315 e. The molecular weight excluding hydrogens is 254 g/mol. The standard InChI is InChI=1S/C11H16ClN5O/c1-2-4-10-15-16-11(18-10)13-5-3-6-17-8-9(12)7-14-17/h7-8H,2-6H2,1H3,(H,13,16). The van der Waals surface area contributed by atoms with Crippen molar-refractivity contribution in [2.24, 2.45) is 0 Å². The summed E-state index contributed by atoms with van der Waals surface area (Å²) in [6, 6.07) is 0.483. The van der Waals surface area contributed by atoms with E-state index in [0.29, 0.717) is 16.9 Å². The molecule has 0 saturated carbocycles. The highest BCUT2D eigenvalue weighted by Crippen LogP contribution is 2.08. The van der Waals surface area contributed by atoms with Crippen LogP contribution in [0.15, 0.2) is 16.8 Å². The molecule has 18 heavy (non-hydrogen) atoms. The van der Waals surface area contributed by atoms with E-state index < -0.39 is 0 Å². The van der Waals surface area contributed by atoms with Crippen LogP contribution in [-0.2, 0) is 13.0 Å². The van der Waals surface area contributed by atoms with Gasteiger partial charge in [0, 0.05) is 25.7 Å². The van der Waals surface area contributed by atoms with Gasteiger partial charge in [0.05, 0.1) is 11.2 Å². The van der Waals surface area contributed by atoms with Gasteiger partial charge < -0.3 is 9.73 Å². The third kappa shape index (κ3) is 3.73. The minimum atomic E-state index is 0.483. The van der Waals surface area contributed by atoms with Crippen molar-refractivity contribution in [3.05, 3.63) is 23.3 Å². The average molecular weight is 270 g/mol. The quantitative estimate of drug-likeness (QED) is 0.782. The van der Waals surface area contributed by atoms with Crippen LogP contribution in [0.3, 0.4) is 0 Å². The van der Waals surface area contributed by atoms with Crippen molar-refractivity contribution >= 4 is 17.6 Å². The van der Waals surface area contributed by atoms with Crippen LogP contribution in [0.1, 0.15) is 25.7 Å². The molecule has 0 aliphatic carbocycles. The molecule has 2 aromatic rings. The van der Waals surface area contributed by atoms with Crippen molar-refractivity contribution in [3.63, 3.8) is 0 Å². The monoisotopic (exact) mass is 269 g/mol. The van der Waals surface area contributed by atoms with Gasteiger partial charge in [0.15, 0.2) is 0 Å². The molecule has 2 rings (SSSR count). The van der Waals surface area contributed by atoms with Gasteiger partial charge >= 0.3 is 6.01 Å². The zero-order valence-electron chi connectivity index (χ0n) is 10.3. The average Bonchev–Trinajstić information content (AvgIpc) is 2.95. The number of nitrogens with zero attached hydrogens (tertiary/aromatic N) is 4. The van der Waals surface area contributed by atoms with E-state index in [0.717, 1.165) is 32.4 Å². The fourth-order valence-electron chi connectivity index (χ4n) is 1.54. The molecule has 0 aliphatic heterocycles. The predicted molar refractivity (Wildman–Crippen MR) is 68.6 cm³/mol. The minimum absolute atomic E-state index is 0.483. The zero-order chi connectivity index (χ0) is 12.8. The Morgan fingerprint density at radius 3 is 3.06 bits per heavy atom. The summed E-state index contributed by atoms with van der Waals surface area (Å²) in [6.07, 6.45) is 6.16. The van der Waals surface area contributed by atoms with Gasteiger partial charge in [0.1, 0.15) is 0 Å². The zero-order valence-corrected chi connectivity index (χ0v) is 11.0. The lowest BCUT2D eigenvalue weighted by atomic mass is 10.3. The Morgan fingerprint density at radius 1 is 1.44 bits per heavy atom. The van der Waals surface area contributed by atoms with Gasteiger partial charge in [-0.1, -0.05) is 23.6 Å². The Hall–Kier alpha value is -1.56. The molecule has 0 fully saturated rings. The molecule has 2 aromatic heterocycles. The van der Waals surface area contributed by atoms with E-state index in [-0.39, 0.29) is 0 Å². The Morgan fingerprint density at radius 2 is 2.33 bits per heavy atom. The van der Waals surface area contributed by atoms with Gasteiger partial charge in [-0.25, -0.2) is 0 Å². The van der Waals surface area contributed by atoms with Gasteiger partial charge in [0.2, 0.25) is 5.89 Å². The highest BCUT2D eigenvalue weighted by molar-refractivity contribution is 6.30. The number of aryl methyl sites for hydroxylation is 2. The van der Waals surface area contributed by atoms with Gasteiger partial charge in [-0.05, 0) is 12.8 Å². The van der Waals surface area contributed by atoms with Crippen LogP contribution >= 0.6 is 11.6 Å². The molecule has 0 aromatic carbocycles. The van der Waals surface area contributed by atoms with E-state index >= 15 is 0 Å². The van der Waals surface area contributed by atoms with Gasteiger partial charge in [-0.3, -0.25) is 4.68 Å². The van der Waals surface area contributed by atoms with E-state index in [4.69, 9.17) is 16.0 Å². The van der Waals surface area contributed by atoms with Crippen LogP contribution in [-0.4, -0.2) is 26.5 Å². The number of rotatable bonds is 7. The minimum Gasteiger partial charge on any atom is -0.408 e. The fraction of sp³-hybridized carbons (Fsp3) is 0.545. The topological polar surface area (TPSA) is 68.8 Å². The largest absolute Gasteiger partial charge is 0.408 e. The second-order valence-electron chi connectivity index (χ2n) is 3.95. The summed E-state index contributed by atoms with van der Waals surface area (Å²) in [4.78, 5) is 0. The van der Waals surface area contributed by atoms with Crippen molar-refractivity contribution in [2.45, 2.75) is 32.7 Å². The number of halogens is 1. The molecule has 0 bridgehead atoms. The maximum atomic E-state index is 5.77. The summed E-state index contributed by atoms with van der Waals surface area (Å²) in [5.74, 6) is 0.679. The third-order valence-corrected chi connectivity index (χ3v) is 2.57. The number of anilines is 1. The van der Waals surface area contributed by atoms with Crippen LogP contribution in [0.2, 0.25) is 5.02 Å². The molecule has 0 spiro atoms. The van der Waals surface area contributed by atoms with E-state index in [1.165, 1.54) is 0 Å². The highest BCUT2D eigenvalue weighted by Gasteiger charge is 2.03. The molecule has 7 heteroatoms.